The molecule has 0 atom stereocenters. The first-order valence-corrected chi connectivity index (χ1v) is 7.39. The van der Waals surface area contributed by atoms with E-state index in [1.165, 1.54) is 16.4 Å². The van der Waals surface area contributed by atoms with Crippen LogP contribution in [0, 0.1) is 0 Å². The average Bonchev–Trinajstić information content (AvgIpc) is 2.67. The molecule has 0 bridgehead atoms. The lowest BCUT2D eigenvalue weighted by Gasteiger charge is -2.06. The van der Waals surface area contributed by atoms with Crippen molar-refractivity contribution in [3.63, 3.8) is 0 Å². The monoisotopic (exact) mass is 331 g/mol. The van der Waals surface area contributed by atoms with Crippen molar-refractivity contribution in [2.45, 2.75) is 11.9 Å². The molecule has 0 spiro atoms. The van der Waals surface area contributed by atoms with Crippen molar-refractivity contribution in [3.05, 3.63) is 33.8 Å². The number of benzene rings is 1. The summed E-state index contributed by atoms with van der Waals surface area (Å²) in [5.41, 5.74) is 6.36. The maximum absolute atomic E-state index is 11.3. The highest BCUT2D eigenvalue weighted by atomic mass is 35.5. The van der Waals surface area contributed by atoms with Gasteiger partial charge in [0.1, 0.15) is 16.4 Å². The summed E-state index contributed by atoms with van der Waals surface area (Å²) in [5, 5.41) is 14.7. The molecule has 0 aliphatic carbocycles. The summed E-state index contributed by atoms with van der Waals surface area (Å²) in [6.45, 7) is 1.90. The number of carboxylic acids is 1. The van der Waals surface area contributed by atoms with Gasteiger partial charge in [0.15, 0.2) is 0 Å². The number of hydrogen-bond acceptors (Lipinski definition) is 4. The zero-order valence-electron chi connectivity index (χ0n) is 10.4. The molecule has 5 nitrogen and oxygen atoms in total. The van der Waals surface area contributed by atoms with Gasteiger partial charge in [-0.3, -0.25) is 0 Å². The maximum atomic E-state index is 11.3. The minimum atomic E-state index is -1.12. The van der Waals surface area contributed by atoms with Crippen LogP contribution < -0.4 is 5.73 Å². The smallest absolute Gasteiger partial charge is 0.342 e. The number of nitrogen functional groups attached to an aromatic ring is 1. The maximum Gasteiger partial charge on any atom is 0.342 e. The van der Waals surface area contributed by atoms with Crippen LogP contribution in [0.1, 0.15) is 17.3 Å². The van der Waals surface area contributed by atoms with Gasteiger partial charge >= 0.3 is 5.97 Å². The Hall–Kier alpha value is -1.37. The number of halogens is 2. The summed E-state index contributed by atoms with van der Waals surface area (Å²) < 4.78 is 1.32. The van der Waals surface area contributed by atoms with E-state index in [0.717, 1.165) is 0 Å². The predicted octanol–water partition coefficient (Wildman–Crippen LogP) is 3.57. The number of nitrogens with zero attached hydrogens (tertiary/aromatic N) is 2. The first-order valence-electron chi connectivity index (χ1n) is 5.65. The topological polar surface area (TPSA) is 81.1 Å². The molecule has 0 aliphatic heterocycles. The predicted molar refractivity (Wildman–Crippen MR) is 81.4 cm³/mol. The third-order valence-corrected chi connectivity index (χ3v) is 3.91. The lowest BCUT2D eigenvalue weighted by molar-refractivity contribution is 0.0694. The Morgan fingerprint density at radius 3 is 2.75 bits per heavy atom. The molecule has 0 unspecified atom stereocenters. The summed E-state index contributed by atoms with van der Waals surface area (Å²) in [7, 11) is 0. The fourth-order valence-corrected chi connectivity index (χ4v) is 2.92. The van der Waals surface area contributed by atoms with E-state index in [1.54, 1.807) is 18.2 Å². The molecule has 0 amide bonds. The second kappa shape index (κ2) is 5.95. The fraction of sp³-hybridized carbons (Fsp3) is 0.167. The zero-order valence-corrected chi connectivity index (χ0v) is 12.8. The Labute approximate surface area is 129 Å². The Kier molecular flexibility index (Phi) is 4.47. The number of carbonyl (C=O) groups is 1. The lowest BCUT2D eigenvalue weighted by atomic mass is 10.3. The molecule has 3 N–H and O–H groups in total. The van der Waals surface area contributed by atoms with Gasteiger partial charge in [-0.25, -0.2) is 9.48 Å². The minimum absolute atomic E-state index is 0.0112. The van der Waals surface area contributed by atoms with E-state index in [0.29, 0.717) is 26.5 Å². The Morgan fingerprint density at radius 1 is 1.50 bits per heavy atom. The summed E-state index contributed by atoms with van der Waals surface area (Å²) in [4.78, 5) is 11.3. The van der Waals surface area contributed by atoms with E-state index in [-0.39, 0.29) is 11.4 Å². The average molecular weight is 332 g/mol. The van der Waals surface area contributed by atoms with Gasteiger partial charge in [0.05, 0.1) is 10.7 Å². The molecule has 8 heteroatoms. The Morgan fingerprint density at radius 2 is 2.20 bits per heavy atom. The largest absolute Gasteiger partial charge is 0.477 e. The third-order valence-electron chi connectivity index (χ3n) is 2.52. The summed E-state index contributed by atoms with van der Waals surface area (Å²) in [5.74, 6) is -0.391. The number of hydrogen-bond donors (Lipinski definition) is 2. The van der Waals surface area contributed by atoms with E-state index in [9.17, 15) is 9.90 Å². The van der Waals surface area contributed by atoms with Gasteiger partial charge < -0.3 is 10.8 Å². The number of aromatic nitrogens is 2. The van der Waals surface area contributed by atoms with Gasteiger partial charge in [-0.1, -0.05) is 30.1 Å². The molecule has 1 heterocycles. The van der Waals surface area contributed by atoms with Gasteiger partial charge in [-0.05, 0) is 24.0 Å². The molecule has 106 valence electrons. The molecule has 0 fully saturated rings. The highest BCUT2D eigenvalue weighted by Gasteiger charge is 2.23. The van der Waals surface area contributed by atoms with E-state index in [2.05, 4.69) is 5.10 Å². The molecule has 2 rings (SSSR count). The molecule has 20 heavy (non-hydrogen) atoms. The zero-order chi connectivity index (χ0) is 14.9. The number of thioether (sulfide) groups is 1. The normalized spacial score (nSPS) is 10.8. The Bertz CT molecular complexity index is 673. The summed E-state index contributed by atoms with van der Waals surface area (Å²) in [6.07, 6.45) is 0. The van der Waals surface area contributed by atoms with Crippen molar-refractivity contribution < 1.29 is 9.90 Å². The molecule has 0 radical (unpaired) electrons. The number of nitrogens with two attached hydrogens (primary N) is 1. The second-order valence-electron chi connectivity index (χ2n) is 3.81. The van der Waals surface area contributed by atoms with Crippen molar-refractivity contribution in [2.24, 2.45) is 0 Å². The fourth-order valence-electron chi connectivity index (χ4n) is 1.69. The number of rotatable bonds is 4. The molecule has 1 aromatic carbocycles. The molecule has 2 aromatic rings. The number of anilines is 1. The number of carboxylic acid groups (broad SMARTS) is 1. The second-order valence-corrected chi connectivity index (χ2v) is 5.91. The van der Waals surface area contributed by atoms with Gasteiger partial charge in [-0.2, -0.15) is 5.10 Å². The summed E-state index contributed by atoms with van der Waals surface area (Å²) >= 11 is 13.2. The van der Waals surface area contributed by atoms with Crippen LogP contribution in [0.25, 0.3) is 5.69 Å². The number of aromatic carboxylic acids is 1. The molecular weight excluding hydrogens is 321 g/mol. The van der Waals surface area contributed by atoms with E-state index in [4.69, 9.17) is 28.9 Å². The van der Waals surface area contributed by atoms with Crippen LogP contribution in [-0.4, -0.2) is 26.6 Å². The summed E-state index contributed by atoms with van der Waals surface area (Å²) in [6, 6.07) is 4.82. The van der Waals surface area contributed by atoms with Crippen LogP contribution in [0.3, 0.4) is 0 Å². The van der Waals surface area contributed by atoms with Gasteiger partial charge in [0, 0.05) is 5.02 Å². The minimum Gasteiger partial charge on any atom is -0.477 e. The van der Waals surface area contributed by atoms with Crippen LogP contribution in [0.5, 0.6) is 0 Å². The van der Waals surface area contributed by atoms with Crippen LogP contribution in [0.4, 0.5) is 5.82 Å². The Balaban J connectivity index is 2.63. The standard InChI is InChI=1S/C12H11Cl2N3O2S/c1-2-20-11-9(12(18)19)10(15)17(16-11)8-4-3-6(13)5-7(8)14/h3-5H,2,15H2,1H3,(H,18,19). The van der Waals surface area contributed by atoms with E-state index in [1.807, 2.05) is 6.92 Å². The molecular formula is C12H11Cl2N3O2S. The first kappa shape index (κ1) is 15.0. The van der Waals surface area contributed by atoms with Gasteiger partial charge in [-0.15, -0.1) is 11.8 Å². The van der Waals surface area contributed by atoms with Crippen molar-refractivity contribution in [1.29, 1.82) is 0 Å². The van der Waals surface area contributed by atoms with Crippen molar-refractivity contribution >= 4 is 46.8 Å². The SMILES string of the molecule is CCSc1nn(-c2ccc(Cl)cc2Cl)c(N)c1C(=O)O. The first-order chi connectivity index (χ1) is 9.45. The van der Waals surface area contributed by atoms with Crippen molar-refractivity contribution in [3.8, 4) is 5.69 Å². The van der Waals surface area contributed by atoms with Crippen LogP contribution in [-0.2, 0) is 0 Å². The molecule has 0 aliphatic rings. The van der Waals surface area contributed by atoms with Gasteiger partial charge in [0.2, 0.25) is 0 Å². The van der Waals surface area contributed by atoms with E-state index < -0.39 is 5.97 Å². The van der Waals surface area contributed by atoms with E-state index >= 15 is 0 Å². The molecule has 0 saturated heterocycles. The highest BCUT2D eigenvalue weighted by molar-refractivity contribution is 7.99. The third kappa shape index (κ3) is 2.72. The van der Waals surface area contributed by atoms with Crippen molar-refractivity contribution in [2.75, 3.05) is 11.5 Å². The quantitative estimate of drug-likeness (QED) is 0.837. The molecule has 1 aromatic heterocycles. The van der Waals surface area contributed by atoms with Crippen LogP contribution >= 0.6 is 35.0 Å². The molecule has 0 saturated carbocycles. The highest BCUT2D eigenvalue weighted by Crippen LogP contribution is 2.31. The lowest BCUT2D eigenvalue weighted by Crippen LogP contribution is -2.06. The van der Waals surface area contributed by atoms with Crippen LogP contribution in [0.15, 0.2) is 23.2 Å². The van der Waals surface area contributed by atoms with Crippen molar-refractivity contribution in [1.82, 2.24) is 9.78 Å². The van der Waals surface area contributed by atoms with Gasteiger partial charge in [0.25, 0.3) is 0 Å². The van der Waals surface area contributed by atoms with Crippen LogP contribution in [0.2, 0.25) is 10.0 Å².